The molecule has 0 aliphatic heterocycles. The van der Waals surface area contributed by atoms with E-state index in [9.17, 15) is 24.3 Å². The summed E-state index contributed by atoms with van der Waals surface area (Å²) in [6, 6.07) is -3.44. The molecule has 0 saturated heterocycles. The zero-order valence-electron chi connectivity index (χ0n) is 15.8. The van der Waals surface area contributed by atoms with E-state index in [2.05, 4.69) is 16.0 Å². The maximum atomic E-state index is 12.5. The molecule has 0 aromatic heterocycles. The van der Waals surface area contributed by atoms with Crippen molar-refractivity contribution in [1.82, 2.24) is 16.0 Å². The molecule has 10 nitrogen and oxygen atoms in total. The van der Waals surface area contributed by atoms with Crippen LogP contribution in [0.15, 0.2) is 0 Å². The fourth-order valence-corrected chi connectivity index (χ4v) is 2.18. The number of aliphatic carboxylic acids is 1. The van der Waals surface area contributed by atoms with Crippen LogP contribution in [0.1, 0.15) is 34.6 Å². The van der Waals surface area contributed by atoms with Gasteiger partial charge in [-0.2, -0.15) is 0 Å². The lowest BCUT2D eigenvalue weighted by Crippen LogP contribution is -2.59. The van der Waals surface area contributed by atoms with Gasteiger partial charge in [0.05, 0.1) is 12.6 Å². The lowest BCUT2D eigenvalue weighted by atomic mass is 9.99. The summed E-state index contributed by atoms with van der Waals surface area (Å²) < 4.78 is 0. The van der Waals surface area contributed by atoms with Crippen LogP contribution >= 0.6 is 0 Å². The third kappa shape index (κ3) is 7.36. The van der Waals surface area contributed by atoms with Gasteiger partial charge in [-0.15, -0.1) is 0 Å². The van der Waals surface area contributed by atoms with E-state index in [1.807, 2.05) is 0 Å². The van der Waals surface area contributed by atoms with Crippen molar-refractivity contribution in [1.29, 1.82) is 0 Å². The Hall–Kier alpha value is -2.20. The Kier molecular flexibility index (Phi) is 9.81. The van der Waals surface area contributed by atoms with Crippen molar-refractivity contribution in [3.8, 4) is 0 Å². The SMILES string of the molecule is CC(C)C(NC(=O)CN)C(=O)NC(C(=O)NC(C(=O)O)C(C)O)C(C)C. The first-order valence-corrected chi connectivity index (χ1v) is 8.43. The van der Waals surface area contributed by atoms with Gasteiger partial charge in [-0.25, -0.2) is 4.79 Å². The van der Waals surface area contributed by atoms with E-state index in [4.69, 9.17) is 10.8 Å². The van der Waals surface area contributed by atoms with E-state index in [0.717, 1.165) is 0 Å². The Bertz CT molecular complexity index is 521. The molecule has 0 aromatic carbocycles. The number of aliphatic hydroxyl groups is 1. The van der Waals surface area contributed by atoms with Crippen LogP contribution in [0, 0.1) is 11.8 Å². The van der Waals surface area contributed by atoms with Crippen LogP contribution in [0.3, 0.4) is 0 Å². The average Bonchev–Trinajstić information content (AvgIpc) is 2.53. The van der Waals surface area contributed by atoms with Crippen molar-refractivity contribution in [3.63, 3.8) is 0 Å². The topological polar surface area (TPSA) is 171 Å². The lowest BCUT2D eigenvalue weighted by molar-refractivity contribution is -0.145. The molecule has 3 amide bonds. The van der Waals surface area contributed by atoms with Crippen LogP contribution in [0.5, 0.6) is 0 Å². The van der Waals surface area contributed by atoms with Gasteiger partial charge in [-0.1, -0.05) is 27.7 Å². The molecule has 4 atom stereocenters. The minimum Gasteiger partial charge on any atom is -0.480 e. The van der Waals surface area contributed by atoms with Gasteiger partial charge in [0.25, 0.3) is 0 Å². The number of carboxylic acids is 1. The standard InChI is InChI=1S/C16H30N4O6/c1-7(2)11(18-10(22)6-17)14(23)19-12(8(3)4)15(24)20-13(9(5)21)16(25)26/h7-9,11-13,21H,6,17H2,1-5H3,(H,18,22)(H,19,23)(H,20,24)(H,25,26). The predicted octanol–water partition coefficient (Wildman–Crippen LogP) is -1.82. The molecular formula is C16H30N4O6. The van der Waals surface area contributed by atoms with Gasteiger partial charge < -0.3 is 31.9 Å². The van der Waals surface area contributed by atoms with Crippen LogP contribution in [-0.4, -0.2) is 64.7 Å². The largest absolute Gasteiger partial charge is 0.480 e. The zero-order chi connectivity index (χ0) is 20.6. The molecule has 0 aliphatic rings. The Morgan fingerprint density at radius 2 is 1.19 bits per heavy atom. The molecule has 0 bridgehead atoms. The number of aliphatic hydroxyl groups excluding tert-OH is 1. The van der Waals surface area contributed by atoms with Crippen LogP contribution in [0.2, 0.25) is 0 Å². The van der Waals surface area contributed by atoms with Crippen LogP contribution in [0.25, 0.3) is 0 Å². The fraction of sp³-hybridized carbons (Fsp3) is 0.750. The van der Waals surface area contributed by atoms with E-state index in [0.29, 0.717) is 0 Å². The number of hydrogen-bond donors (Lipinski definition) is 6. The van der Waals surface area contributed by atoms with Gasteiger partial charge in [-0.3, -0.25) is 14.4 Å². The second kappa shape index (κ2) is 10.7. The molecule has 26 heavy (non-hydrogen) atoms. The number of nitrogens with one attached hydrogen (secondary N) is 3. The monoisotopic (exact) mass is 374 g/mol. The second-order valence-corrected chi connectivity index (χ2v) is 6.79. The molecule has 0 saturated carbocycles. The molecule has 0 spiro atoms. The van der Waals surface area contributed by atoms with E-state index >= 15 is 0 Å². The maximum Gasteiger partial charge on any atom is 0.328 e. The number of hydrogen-bond acceptors (Lipinski definition) is 6. The van der Waals surface area contributed by atoms with Gasteiger partial charge in [0.15, 0.2) is 6.04 Å². The van der Waals surface area contributed by atoms with E-state index in [-0.39, 0.29) is 18.4 Å². The van der Waals surface area contributed by atoms with Crippen molar-refractivity contribution >= 4 is 23.7 Å². The Balaban J connectivity index is 5.25. The number of carboxylic acid groups (broad SMARTS) is 1. The summed E-state index contributed by atoms with van der Waals surface area (Å²) in [5.74, 6) is -3.85. The van der Waals surface area contributed by atoms with E-state index < -0.39 is 47.9 Å². The van der Waals surface area contributed by atoms with E-state index in [1.165, 1.54) is 6.92 Å². The quantitative estimate of drug-likeness (QED) is 0.261. The minimum absolute atomic E-state index is 0.259. The smallest absolute Gasteiger partial charge is 0.328 e. The summed E-state index contributed by atoms with van der Waals surface area (Å²) in [4.78, 5) is 47.5. The number of nitrogens with two attached hydrogens (primary N) is 1. The third-order valence-electron chi connectivity index (χ3n) is 3.74. The Morgan fingerprint density at radius 1 is 0.808 bits per heavy atom. The van der Waals surface area contributed by atoms with Crippen molar-refractivity contribution < 1.29 is 29.4 Å². The van der Waals surface area contributed by atoms with Gasteiger partial charge in [0.1, 0.15) is 12.1 Å². The molecular weight excluding hydrogens is 344 g/mol. The predicted molar refractivity (Wildman–Crippen MR) is 93.8 cm³/mol. The van der Waals surface area contributed by atoms with Gasteiger partial charge >= 0.3 is 5.97 Å². The highest BCUT2D eigenvalue weighted by molar-refractivity contribution is 5.93. The molecule has 0 aromatic rings. The van der Waals surface area contributed by atoms with Gasteiger partial charge in [0.2, 0.25) is 17.7 Å². The van der Waals surface area contributed by atoms with E-state index in [1.54, 1.807) is 27.7 Å². The third-order valence-corrected chi connectivity index (χ3v) is 3.74. The summed E-state index contributed by atoms with van der Waals surface area (Å²) in [5.41, 5.74) is 5.24. The summed E-state index contributed by atoms with van der Waals surface area (Å²) in [6.07, 6.45) is -1.31. The lowest BCUT2D eigenvalue weighted by Gasteiger charge is -2.28. The normalized spacial score (nSPS) is 15.7. The Morgan fingerprint density at radius 3 is 1.50 bits per heavy atom. The average molecular weight is 374 g/mol. The maximum absolute atomic E-state index is 12.5. The highest BCUT2D eigenvalue weighted by atomic mass is 16.4. The van der Waals surface area contributed by atoms with Gasteiger partial charge in [0, 0.05) is 0 Å². The number of amides is 3. The number of carbonyl (C=O) groups is 4. The Labute approximate surface area is 152 Å². The molecule has 4 unspecified atom stereocenters. The number of rotatable bonds is 10. The van der Waals surface area contributed by atoms with Crippen LogP contribution in [-0.2, 0) is 19.2 Å². The van der Waals surface area contributed by atoms with Crippen LogP contribution < -0.4 is 21.7 Å². The zero-order valence-corrected chi connectivity index (χ0v) is 15.8. The van der Waals surface area contributed by atoms with Crippen molar-refractivity contribution in [2.24, 2.45) is 17.6 Å². The highest BCUT2D eigenvalue weighted by Gasteiger charge is 2.33. The minimum atomic E-state index is -1.50. The molecule has 0 fully saturated rings. The first kappa shape index (κ1) is 23.8. The molecule has 150 valence electrons. The first-order chi connectivity index (χ1) is 11.9. The molecule has 10 heteroatoms. The molecule has 0 rings (SSSR count). The van der Waals surface area contributed by atoms with Crippen molar-refractivity contribution in [3.05, 3.63) is 0 Å². The summed E-state index contributed by atoms with van der Waals surface area (Å²) in [5, 5.41) is 25.8. The van der Waals surface area contributed by atoms with Crippen LogP contribution in [0.4, 0.5) is 0 Å². The first-order valence-electron chi connectivity index (χ1n) is 8.43. The molecule has 0 radical (unpaired) electrons. The van der Waals surface area contributed by atoms with Crippen molar-refractivity contribution in [2.45, 2.75) is 58.8 Å². The fourth-order valence-electron chi connectivity index (χ4n) is 2.18. The summed E-state index contributed by atoms with van der Waals surface area (Å²) in [6.45, 7) is 7.74. The number of carbonyl (C=O) groups excluding carboxylic acids is 3. The van der Waals surface area contributed by atoms with Gasteiger partial charge in [-0.05, 0) is 18.8 Å². The highest BCUT2D eigenvalue weighted by Crippen LogP contribution is 2.07. The summed E-state index contributed by atoms with van der Waals surface area (Å²) >= 11 is 0. The molecule has 0 heterocycles. The molecule has 0 aliphatic carbocycles. The summed E-state index contributed by atoms with van der Waals surface area (Å²) in [7, 11) is 0. The van der Waals surface area contributed by atoms with Crippen molar-refractivity contribution in [2.75, 3.05) is 6.54 Å². The molecule has 7 N–H and O–H groups in total. The second-order valence-electron chi connectivity index (χ2n) is 6.79.